The van der Waals surface area contributed by atoms with Crippen LogP contribution in [0.1, 0.15) is 91.5 Å². The van der Waals surface area contributed by atoms with E-state index in [1.54, 1.807) is 0 Å². The first-order valence-electron chi connectivity index (χ1n) is 12.4. The number of hydrogen-bond acceptors (Lipinski definition) is 0. The van der Waals surface area contributed by atoms with E-state index in [2.05, 4.69) is 130 Å². The lowest BCUT2D eigenvalue weighted by molar-refractivity contribution is 0.563. The molecule has 0 amide bonds. The Morgan fingerprint density at radius 2 is 1.00 bits per heavy atom. The van der Waals surface area contributed by atoms with Crippen molar-refractivity contribution in [3.63, 3.8) is 0 Å². The molecular formula is C32H46. The van der Waals surface area contributed by atoms with Crippen molar-refractivity contribution in [1.82, 2.24) is 0 Å². The molecule has 0 saturated carbocycles. The summed E-state index contributed by atoms with van der Waals surface area (Å²) < 4.78 is 0. The normalized spacial score (nSPS) is 12.2. The maximum Gasteiger partial charge on any atom is -0.0132 e. The predicted molar refractivity (Wildman–Crippen MR) is 145 cm³/mol. The Morgan fingerprint density at radius 1 is 0.531 bits per heavy atom. The summed E-state index contributed by atoms with van der Waals surface area (Å²) in [5.74, 6) is 1.45. The first kappa shape index (κ1) is 26.2. The lowest BCUT2D eigenvalue weighted by Gasteiger charge is -2.26. The smallest absolute Gasteiger partial charge is 0.0132 e. The molecule has 0 bridgehead atoms. The van der Waals surface area contributed by atoms with Crippen molar-refractivity contribution < 1.29 is 0 Å². The van der Waals surface area contributed by atoms with Gasteiger partial charge in [0.05, 0.1) is 0 Å². The standard InChI is InChI=1S/C18H30.C14H16/c1-13(2)9-14-10-15(17(3,4)5)12-16(11-14)18(6,7)8;1-11(2)9-12-7-8-13-5-3-4-6-14(13)10-12/h10-13H,9H2,1-8H3;3-8,10-11H,9H2,1-2H3. The summed E-state index contributed by atoms with van der Waals surface area (Å²) in [7, 11) is 0. The highest BCUT2D eigenvalue weighted by atomic mass is 14.2. The molecule has 0 aliphatic carbocycles. The summed E-state index contributed by atoms with van der Waals surface area (Å²) in [6.07, 6.45) is 2.35. The summed E-state index contributed by atoms with van der Waals surface area (Å²) in [5, 5.41) is 2.69. The Balaban J connectivity index is 0.000000233. The number of rotatable bonds is 4. The van der Waals surface area contributed by atoms with Gasteiger partial charge in [0.2, 0.25) is 0 Å². The summed E-state index contributed by atoms with van der Waals surface area (Å²) in [6, 6.07) is 22.5. The van der Waals surface area contributed by atoms with Gasteiger partial charge in [-0.2, -0.15) is 0 Å². The van der Waals surface area contributed by atoms with Crippen molar-refractivity contribution in [2.75, 3.05) is 0 Å². The van der Waals surface area contributed by atoms with Gasteiger partial charge in [-0.1, -0.05) is 130 Å². The molecule has 0 radical (unpaired) electrons. The summed E-state index contributed by atoms with van der Waals surface area (Å²) in [6.45, 7) is 22.9. The molecule has 3 aromatic rings. The summed E-state index contributed by atoms with van der Waals surface area (Å²) >= 11 is 0. The van der Waals surface area contributed by atoms with Gasteiger partial charge in [0, 0.05) is 0 Å². The minimum atomic E-state index is 0.229. The number of fused-ring (bicyclic) bond motifs is 1. The molecule has 0 aromatic heterocycles. The highest BCUT2D eigenvalue weighted by Crippen LogP contribution is 2.31. The maximum atomic E-state index is 2.40. The van der Waals surface area contributed by atoms with E-state index in [0.29, 0.717) is 5.92 Å². The molecule has 3 rings (SSSR count). The molecule has 0 atom stereocenters. The molecule has 0 spiro atoms. The van der Waals surface area contributed by atoms with Crippen LogP contribution in [0, 0.1) is 11.8 Å². The van der Waals surface area contributed by atoms with Gasteiger partial charge in [-0.3, -0.25) is 0 Å². The van der Waals surface area contributed by atoms with E-state index in [-0.39, 0.29) is 10.8 Å². The van der Waals surface area contributed by atoms with E-state index >= 15 is 0 Å². The van der Waals surface area contributed by atoms with Crippen LogP contribution in [0.2, 0.25) is 0 Å². The van der Waals surface area contributed by atoms with Gasteiger partial charge in [0.25, 0.3) is 0 Å². The third kappa shape index (κ3) is 8.12. The molecule has 0 nitrogen and oxygen atoms in total. The lowest BCUT2D eigenvalue weighted by Crippen LogP contribution is -2.17. The predicted octanol–water partition coefficient (Wildman–Crippen LogP) is 9.52. The first-order valence-corrected chi connectivity index (χ1v) is 12.4. The molecule has 0 unspecified atom stereocenters. The maximum absolute atomic E-state index is 2.40. The van der Waals surface area contributed by atoms with Gasteiger partial charge in [-0.05, 0) is 68.5 Å². The second-order valence-corrected chi connectivity index (χ2v) is 12.3. The van der Waals surface area contributed by atoms with Crippen LogP contribution in [0.5, 0.6) is 0 Å². The molecule has 0 saturated heterocycles. The Hall–Kier alpha value is -2.08. The minimum absolute atomic E-state index is 0.229. The third-order valence-electron chi connectivity index (χ3n) is 5.83. The van der Waals surface area contributed by atoms with Crippen molar-refractivity contribution in [2.45, 2.75) is 92.9 Å². The fraction of sp³-hybridized carbons (Fsp3) is 0.500. The van der Waals surface area contributed by atoms with Gasteiger partial charge in [-0.25, -0.2) is 0 Å². The molecule has 32 heavy (non-hydrogen) atoms. The summed E-state index contributed by atoms with van der Waals surface area (Å²) in [5.41, 5.74) is 6.32. The van der Waals surface area contributed by atoms with Crippen LogP contribution in [0.25, 0.3) is 10.8 Å². The Kier molecular flexibility index (Phi) is 8.74. The van der Waals surface area contributed by atoms with Crippen LogP contribution < -0.4 is 0 Å². The van der Waals surface area contributed by atoms with Gasteiger partial charge in [0.1, 0.15) is 0 Å². The largest absolute Gasteiger partial charge is 0.0625 e. The van der Waals surface area contributed by atoms with Gasteiger partial charge < -0.3 is 0 Å². The Morgan fingerprint density at radius 3 is 1.47 bits per heavy atom. The molecule has 0 fully saturated rings. The van der Waals surface area contributed by atoms with Crippen molar-refractivity contribution in [3.8, 4) is 0 Å². The molecule has 0 heterocycles. The molecule has 174 valence electrons. The Labute approximate surface area is 198 Å². The highest BCUT2D eigenvalue weighted by Gasteiger charge is 2.20. The highest BCUT2D eigenvalue weighted by molar-refractivity contribution is 5.82. The fourth-order valence-corrected chi connectivity index (χ4v) is 3.98. The average molecular weight is 431 g/mol. The molecule has 0 heteroatoms. The van der Waals surface area contributed by atoms with E-state index in [0.717, 1.165) is 5.92 Å². The van der Waals surface area contributed by atoms with Crippen molar-refractivity contribution in [2.24, 2.45) is 11.8 Å². The molecule has 3 aromatic carbocycles. The van der Waals surface area contributed by atoms with Crippen LogP contribution in [0.4, 0.5) is 0 Å². The quantitative estimate of drug-likeness (QED) is 0.386. The Bertz CT molecular complexity index is 958. The SMILES string of the molecule is CC(C)Cc1cc(C(C)(C)C)cc(C(C)(C)C)c1.CC(C)Cc1ccc2ccccc2c1. The monoisotopic (exact) mass is 430 g/mol. The molecule has 0 N–H and O–H groups in total. The summed E-state index contributed by atoms with van der Waals surface area (Å²) in [4.78, 5) is 0. The lowest BCUT2D eigenvalue weighted by atomic mass is 9.79. The van der Waals surface area contributed by atoms with Crippen LogP contribution in [-0.4, -0.2) is 0 Å². The zero-order valence-electron chi connectivity index (χ0n) is 22.3. The molecule has 0 aliphatic rings. The van der Waals surface area contributed by atoms with Crippen LogP contribution in [0.3, 0.4) is 0 Å². The fourth-order valence-electron chi connectivity index (χ4n) is 3.98. The second-order valence-electron chi connectivity index (χ2n) is 12.3. The van der Waals surface area contributed by atoms with E-state index in [9.17, 15) is 0 Å². The minimum Gasteiger partial charge on any atom is -0.0625 e. The first-order chi connectivity index (χ1) is 14.8. The van der Waals surface area contributed by atoms with Crippen LogP contribution in [0.15, 0.2) is 60.7 Å². The van der Waals surface area contributed by atoms with Crippen LogP contribution in [-0.2, 0) is 23.7 Å². The van der Waals surface area contributed by atoms with Crippen molar-refractivity contribution in [3.05, 3.63) is 82.9 Å². The zero-order chi connectivity index (χ0) is 24.1. The van der Waals surface area contributed by atoms with Gasteiger partial charge in [-0.15, -0.1) is 0 Å². The average Bonchev–Trinajstić information content (AvgIpc) is 2.66. The molecular weight excluding hydrogens is 384 g/mol. The van der Waals surface area contributed by atoms with Gasteiger partial charge >= 0.3 is 0 Å². The third-order valence-corrected chi connectivity index (χ3v) is 5.83. The van der Waals surface area contributed by atoms with Crippen molar-refractivity contribution in [1.29, 1.82) is 0 Å². The zero-order valence-corrected chi connectivity index (χ0v) is 22.3. The van der Waals surface area contributed by atoms with E-state index in [4.69, 9.17) is 0 Å². The number of benzene rings is 3. The van der Waals surface area contributed by atoms with E-state index in [1.807, 2.05) is 0 Å². The molecule has 0 aliphatic heterocycles. The van der Waals surface area contributed by atoms with Gasteiger partial charge in [0.15, 0.2) is 0 Å². The van der Waals surface area contributed by atoms with E-state index < -0.39 is 0 Å². The van der Waals surface area contributed by atoms with Crippen LogP contribution >= 0.6 is 0 Å². The number of hydrogen-bond donors (Lipinski definition) is 0. The van der Waals surface area contributed by atoms with E-state index in [1.165, 1.54) is 45.9 Å². The second kappa shape index (κ2) is 10.7. The topological polar surface area (TPSA) is 0 Å². The van der Waals surface area contributed by atoms with Crippen molar-refractivity contribution >= 4 is 10.8 Å².